The maximum absolute atomic E-state index is 13.4. The fourth-order valence-electron chi connectivity index (χ4n) is 4.04. The topological polar surface area (TPSA) is 75.0 Å². The minimum atomic E-state index is -0.508. The van der Waals surface area contributed by atoms with Gasteiger partial charge in [0.2, 0.25) is 5.91 Å². The summed E-state index contributed by atoms with van der Waals surface area (Å²) in [5.41, 5.74) is 2.34. The first kappa shape index (κ1) is 25.5. The minimum absolute atomic E-state index is 0.00136. The van der Waals surface area contributed by atoms with E-state index >= 15 is 0 Å². The van der Waals surface area contributed by atoms with Gasteiger partial charge in [-0.3, -0.25) is 4.79 Å². The molecule has 0 aliphatic carbocycles. The van der Waals surface area contributed by atoms with Gasteiger partial charge in [0, 0.05) is 37.8 Å². The number of likely N-dealkylation sites (N-methyl/N-ethyl adjacent to an activating group) is 1. The normalized spacial score (nSPS) is 14.3. The molecule has 2 aromatic carbocycles. The molecule has 4 rings (SSSR count). The Morgan fingerprint density at radius 3 is 2.58 bits per heavy atom. The maximum atomic E-state index is 13.4. The summed E-state index contributed by atoms with van der Waals surface area (Å²) in [5.74, 6) is -0.427. The van der Waals surface area contributed by atoms with Crippen LogP contribution in [0.5, 0.6) is 0 Å². The molecular formula is C27H27ClFN3O4. The molecule has 0 radical (unpaired) electrons. The summed E-state index contributed by atoms with van der Waals surface area (Å²) in [5, 5.41) is 2.89. The number of carbonyl (C=O) groups is 2. The van der Waals surface area contributed by atoms with Crippen LogP contribution in [0.1, 0.15) is 23.0 Å². The number of furan rings is 1. The van der Waals surface area contributed by atoms with Gasteiger partial charge in [0.05, 0.1) is 29.1 Å². The number of carbonyl (C=O) groups excluding carboxylic acids is 2. The highest BCUT2D eigenvalue weighted by molar-refractivity contribution is 6.31. The van der Waals surface area contributed by atoms with E-state index in [1.165, 1.54) is 31.4 Å². The van der Waals surface area contributed by atoms with Crippen LogP contribution >= 0.6 is 11.6 Å². The van der Waals surface area contributed by atoms with E-state index in [0.717, 1.165) is 38.4 Å². The van der Waals surface area contributed by atoms with E-state index in [1.807, 2.05) is 6.07 Å². The minimum Gasteiger partial charge on any atom is -0.465 e. The summed E-state index contributed by atoms with van der Waals surface area (Å²) in [4.78, 5) is 29.4. The second kappa shape index (κ2) is 11.4. The van der Waals surface area contributed by atoms with E-state index in [0.29, 0.717) is 28.3 Å². The highest BCUT2D eigenvalue weighted by Crippen LogP contribution is 2.30. The number of methoxy groups -OCH3 is 1. The van der Waals surface area contributed by atoms with Crippen molar-refractivity contribution in [1.82, 2.24) is 4.90 Å². The number of halogens is 2. The second-order valence-electron chi connectivity index (χ2n) is 8.30. The van der Waals surface area contributed by atoms with Crippen LogP contribution < -0.4 is 10.2 Å². The summed E-state index contributed by atoms with van der Waals surface area (Å²) >= 11 is 5.86. The molecule has 1 aromatic heterocycles. The van der Waals surface area contributed by atoms with Gasteiger partial charge in [-0.15, -0.1) is 0 Å². The van der Waals surface area contributed by atoms with E-state index in [-0.39, 0.29) is 10.9 Å². The zero-order valence-corrected chi connectivity index (χ0v) is 20.8. The molecule has 7 nitrogen and oxygen atoms in total. The number of nitrogens with one attached hydrogen (secondary N) is 1. The van der Waals surface area contributed by atoms with Crippen LogP contribution in [0.3, 0.4) is 0 Å². The first-order valence-corrected chi connectivity index (χ1v) is 12.0. The Labute approximate surface area is 214 Å². The highest BCUT2D eigenvalue weighted by Gasteiger charge is 2.20. The van der Waals surface area contributed by atoms with Crippen molar-refractivity contribution in [2.24, 2.45) is 0 Å². The number of esters is 1. The van der Waals surface area contributed by atoms with E-state index in [9.17, 15) is 14.0 Å². The van der Waals surface area contributed by atoms with Gasteiger partial charge in [0.15, 0.2) is 0 Å². The molecule has 0 unspecified atom stereocenters. The van der Waals surface area contributed by atoms with Crippen molar-refractivity contribution in [3.05, 3.63) is 76.8 Å². The molecule has 0 atom stereocenters. The first-order valence-electron chi connectivity index (χ1n) is 11.6. The summed E-state index contributed by atoms with van der Waals surface area (Å²) in [6, 6.07) is 12.9. The molecule has 1 saturated heterocycles. The Hall–Kier alpha value is -3.62. The van der Waals surface area contributed by atoms with Crippen LogP contribution in [0, 0.1) is 5.82 Å². The summed E-state index contributed by atoms with van der Waals surface area (Å²) in [6.45, 7) is 6.59. The standard InChI is InChI=1S/C27H27ClFN3O4/c1-3-31-12-14-32(15-13-31)24-9-5-19(27(34)35-2)17-23(24)30-26(33)11-7-20-6-10-25(36-20)18-4-8-22(29)21(28)16-18/h4-11,16-17H,3,12-15H2,1-2H3,(H,30,33)/b11-7+. The quantitative estimate of drug-likeness (QED) is 0.342. The number of anilines is 2. The lowest BCUT2D eigenvalue weighted by molar-refractivity contribution is -0.111. The van der Waals surface area contributed by atoms with Crippen LogP contribution in [-0.4, -0.2) is 56.6 Å². The number of benzene rings is 2. The second-order valence-corrected chi connectivity index (χ2v) is 8.71. The number of hydrogen-bond donors (Lipinski definition) is 1. The molecule has 1 aliphatic rings. The summed E-state index contributed by atoms with van der Waals surface area (Å²) < 4.78 is 24.0. The van der Waals surface area contributed by atoms with Crippen molar-refractivity contribution in [2.45, 2.75) is 6.92 Å². The van der Waals surface area contributed by atoms with Crippen molar-refractivity contribution in [2.75, 3.05) is 50.1 Å². The number of nitrogens with zero attached hydrogens (tertiary/aromatic N) is 2. The lowest BCUT2D eigenvalue weighted by Crippen LogP contribution is -2.46. The Morgan fingerprint density at radius 1 is 1.11 bits per heavy atom. The Bertz CT molecular complexity index is 1280. The predicted molar refractivity (Wildman–Crippen MR) is 139 cm³/mol. The third-order valence-electron chi connectivity index (χ3n) is 6.07. The Balaban J connectivity index is 1.50. The van der Waals surface area contributed by atoms with Crippen LogP contribution in [0.4, 0.5) is 15.8 Å². The molecule has 1 N–H and O–H groups in total. The lowest BCUT2D eigenvalue weighted by atomic mass is 10.1. The smallest absolute Gasteiger partial charge is 0.337 e. The van der Waals surface area contributed by atoms with E-state index in [1.54, 1.807) is 30.3 Å². The average molecular weight is 512 g/mol. The lowest BCUT2D eigenvalue weighted by Gasteiger charge is -2.36. The van der Waals surface area contributed by atoms with E-state index < -0.39 is 11.8 Å². The third kappa shape index (κ3) is 5.95. The van der Waals surface area contributed by atoms with Crippen LogP contribution in [0.2, 0.25) is 5.02 Å². The first-order chi connectivity index (χ1) is 17.4. The van der Waals surface area contributed by atoms with Gasteiger partial charge in [0.25, 0.3) is 0 Å². The van der Waals surface area contributed by atoms with Crippen molar-refractivity contribution >= 4 is 40.9 Å². The molecule has 9 heteroatoms. The fraction of sp³-hybridized carbons (Fsp3) is 0.259. The SMILES string of the molecule is CCN1CCN(c2ccc(C(=O)OC)cc2NC(=O)/C=C/c2ccc(-c3ccc(F)c(Cl)c3)o2)CC1. The number of rotatable bonds is 7. The van der Waals surface area contributed by atoms with E-state index in [2.05, 4.69) is 22.0 Å². The largest absolute Gasteiger partial charge is 0.465 e. The summed E-state index contributed by atoms with van der Waals surface area (Å²) in [6.07, 6.45) is 2.89. The van der Waals surface area contributed by atoms with Crippen LogP contribution in [0.15, 0.2) is 59.0 Å². The number of amides is 1. The monoisotopic (exact) mass is 511 g/mol. The number of piperazine rings is 1. The zero-order valence-electron chi connectivity index (χ0n) is 20.1. The summed E-state index contributed by atoms with van der Waals surface area (Å²) in [7, 11) is 1.32. The Kier molecular flexibility index (Phi) is 8.07. The van der Waals surface area contributed by atoms with Gasteiger partial charge in [-0.05, 0) is 61.2 Å². The number of ether oxygens (including phenoxy) is 1. The Morgan fingerprint density at radius 2 is 1.89 bits per heavy atom. The predicted octanol–water partition coefficient (Wildman–Crippen LogP) is 5.32. The molecule has 3 aromatic rings. The van der Waals surface area contributed by atoms with Gasteiger partial charge < -0.3 is 24.3 Å². The van der Waals surface area contributed by atoms with Gasteiger partial charge in [0.1, 0.15) is 17.3 Å². The molecule has 1 fully saturated rings. The van der Waals surface area contributed by atoms with Gasteiger partial charge >= 0.3 is 5.97 Å². The maximum Gasteiger partial charge on any atom is 0.337 e. The molecule has 0 spiro atoms. The molecule has 0 bridgehead atoms. The molecule has 2 heterocycles. The average Bonchev–Trinajstić information content (AvgIpc) is 3.38. The third-order valence-corrected chi connectivity index (χ3v) is 6.36. The molecular weight excluding hydrogens is 485 g/mol. The van der Waals surface area contributed by atoms with Crippen molar-refractivity contribution in [1.29, 1.82) is 0 Å². The zero-order chi connectivity index (χ0) is 25.7. The van der Waals surface area contributed by atoms with Crippen LogP contribution in [0.25, 0.3) is 17.4 Å². The van der Waals surface area contributed by atoms with Crippen molar-refractivity contribution in [3.8, 4) is 11.3 Å². The molecule has 1 aliphatic heterocycles. The molecule has 1 amide bonds. The molecule has 188 valence electrons. The van der Waals surface area contributed by atoms with Crippen molar-refractivity contribution < 1.29 is 23.1 Å². The van der Waals surface area contributed by atoms with Gasteiger partial charge in [-0.1, -0.05) is 18.5 Å². The molecule has 36 heavy (non-hydrogen) atoms. The number of hydrogen-bond acceptors (Lipinski definition) is 6. The highest BCUT2D eigenvalue weighted by atomic mass is 35.5. The van der Waals surface area contributed by atoms with Crippen LogP contribution in [-0.2, 0) is 9.53 Å². The van der Waals surface area contributed by atoms with Gasteiger partial charge in [-0.25, -0.2) is 9.18 Å². The van der Waals surface area contributed by atoms with Gasteiger partial charge in [-0.2, -0.15) is 0 Å². The van der Waals surface area contributed by atoms with Crippen molar-refractivity contribution in [3.63, 3.8) is 0 Å². The molecule has 0 saturated carbocycles. The fourth-order valence-corrected chi connectivity index (χ4v) is 4.22. The van der Waals surface area contributed by atoms with E-state index in [4.69, 9.17) is 20.8 Å².